The Morgan fingerprint density at radius 2 is 1.89 bits per heavy atom. The number of hydrogen-bond donors (Lipinski definition) is 1. The van der Waals surface area contributed by atoms with Crippen molar-refractivity contribution in [1.29, 1.82) is 0 Å². The van der Waals surface area contributed by atoms with Crippen molar-refractivity contribution in [2.24, 2.45) is 5.92 Å². The van der Waals surface area contributed by atoms with E-state index >= 15 is 0 Å². The molecule has 0 amide bonds. The van der Waals surface area contributed by atoms with Crippen LogP contribution in [0.3, 0.4) is 0 Å². The molecule has 0 unspecified atom stereocenters. The standard InChI is InChI=1S/C15H21F2NO/c1-15(2,19)12-5-7-18(8-6-12)10-11-9-13(16)3-4-14(11)17/h3-4,9,12,19H,5-8,10H2,1-2H3. The van der Waals surface area contributed by atoms with Gasteiger partial charge in [-0.2, -0.15) is 0 Å². The highest BCUT2D eigenvalue weighted by Gasteiger charge is 2.30. The molecule has 1 aromatic carbocycles. The summed E-state index contributed by atoms with van der Waals surface area (Å²) in [5.41, 5.74) is -0.252. The second-order valence-corrected chi connectivity index (χ2v) is 5.94. The molecular formula is C15H21F2NO. The van der Waals surface area contributed by atoms with Crippen molar-refractivity contribution in [2.45, 2.75) is 38.8 Å². The second kappa shape index (κ2) is 5.55. The number of hydrogen-bond acceptors (Lipinski definition) is 2. The third-order valence-electron chi connectivity index (χ3n) is 3.99. The molecule has 1 aromatic rings. The molecule has 0 saturated carbocycles. The average Bonchev–Trinajstić information content (AvgIpc) is 2.33. The van der Waals surface area contributed by atoms with Gasteiger partial charge in [-0.15, -0.1) is 0 Å². The monoisotopic (exact) mass is 269 g/mol. The fraction of sp³-hybridized carbons (Fsp3) is 0.600. The third kappa shape index (κ3) is 3.74. The van der Waals surface area contributed by atoms with Crippen molar-refractivity contribution in [3.05, 3.63) is 35.4 Å². The van der Waals surface area contributed by atoms with Crippen molar-refractivity contribution in [3.63, 3.8) is 0 Å². The number of piperidine rings is 1. The average molecular weight is 269 g/mol. The molecule has 1 saturated heterocycles. The van der Waals surface area contributed by atoms with Gasteiger partial charge in [-0.05, 0) is 63.9 Å². The van der Waals surface area contributed by atoms with Gasteiger partial charge in [-0.1, -0.05) is 0 Å². The van der Waals surface area contributed by atoms with Gasteiger partial charge < -0.3 is 5.11 Å². The Labute approximate surface area is 113 Å². The van der Waals surface area contributed by atoms with Crippen molar-refractivity contribution in [1.82, 2.24) is 4.90 Å². The third-order valence-corrected chi connectivity index (χ3v) is 3.99. The van der Waals surface area contributed by atoms with Crippen LogP contribution in [0.2, 0.25) is 0 Å². The van der Waals surface area contributed by atoms with E-state index in [0.717, 1.165) is 32.0 Å². The lowest BCUT2D eigenvalue weighted by Crippen LogP contribution is -2.41. The summed E-state index contributed by atoms with van der Waals surface area (Å²) in [4.78, 5) is 2.11. The minimum absolute atomic E-state index is 0.279. The molecule has 1 aliphatic rings. The zero-order valence-electron chi connectivity index (χ0n) is 11.5. The molecule has 106 valence electrons. The lowest BCUT2D eigenvalue weighted by molar-refractivity contribution is -0.0137. The fourth-order valence-electron chi connectivity index (χ4n) is 2.70. The van der Waals surface area contributed by atoms with Gasteiger partial charge >= 0.3 is 0 Å². The Morgan fingerprint density at radius 3 is 2.47 bits per heavy atom. The molecule has 2 nitrogen and oxygen atoms in total. The first-order valence-electron chi connectivity index (χ1n) is 6.75. The van der Waals surface area contributed by atoms with Crippen LogP contribution in [0, 0.1) is 17.6 Å². The molecule has 1 fully saturated rings. The molecule has 0 aromatic heterocycles. The Kier molecular flexibility index (Phi) is 4.21. The van der Waals surface area contributed by atoms with E-state index in [1.165, 1.54) is 12.1 Å². The molecule has 0 aliphatic carbocycles. The first-order valence-corrected chi connectivity index (χ1v) is 6.75. The van der Waals surface area contributed by atoms with Gasteiger partial charge in [0, 0.05) is 12.1 Å². The molecule has 1 N–H and O–H groups in total. The summed E-state index contributed by atoms with van der Waals surface area (Å²) in [7, 11) is 0. The van der Waals surface area contributed by atoms with Gasteiger partial charge in [0.05, 0.1) is 5.60 Å². The highest BCUT2D eigenvalue weighted by atomic mass is 19.1. The number of aliphatic hydroxyl groups is 1. The molecule has 0 radical (unpaired) electrons. The first-order chi connectivity index (χ1) is 8.86. The maximum absolute atomic E-state index is 13.6. The Balaban J connectivity index is 1.94. The quantitative estimate of drug-likeness (QED) is 0.912. The van der Waals surface area contributed by atoms with Crippen molar-refractivity contribution in [3.8, 4) is 0 Å². The van der Waals surface area contributed by atoms with Crippen molar-refractivity contribution < 1.29 is 13.9 Å². The number of halogens is 2. The van der Waals surface area contributed by atoms with Crippen LogP contribution in [0.15, 0.2) is 18.2 Å². The van der Waals surface area contributed by atoms with Crippen LogP contribution in [-0.4, -0.2) is 28.7 Å². The van der Waals surface area contributed by atoms with Gasteiger partial charge in [-0.25, -0.2) is 8.78 Å². The van der Waals surface area contributed by atoms with Crippen molar-refractivity contribution in [2.75, 3.05) is 13.1 Å². The predicted molar refractivity (Wildman–Crippen MR) is 70.7 cm³/mol. The normalized spacial score (nSPS) is 18.8. The number of rotatable bonds is 3. The van der Waals surface area contributed by atoms with E-state index in [1.54, 1.807) is 0 Å². The van der Waals surface area contributed by atoms with Crippen LogP contribution in [0.5, 0.6) is 0 Å². The predicted octanol–water partition coefficient (Wildman–Crippen LogP) is 2.95. The summed E-state index contributed by atoms with van der Waals surface area (Å²) < 4.78 is 26.7. The molecular weight excluding hydrogens is 248 g/mol. The molecule has 1 heterocycles. The minimum Gasteiger partial charge on any atom is -0.390 e. The van der Waals surface area contributed by atoms with Crippen LogP contribution < -0.4 is 0 Å². The largest absolute Gasteiger partial charge is 0.390 e. The zero-order valence-corrected chi connectivity index (χ0v) is 11.5. The van der Waals surface area contributed by atoms with Gasteiger partial charge in [0.15, 0.2) is 0 Å². The van der Waals surface area contributed by atoms with Gasteiger partial charge in [0.25, 0.3) is 0 Å². The van der Waals surface area contributed by atoms with E-state index in [0.29, 0.717) is 12.1 Å². The lowest BCUT2D eigenvalue weighted by Gasteiger charge is -2.37. The molecule has 4 heteroatoms. The molecule has 19 heavy (non-hydrogen) atoms. The SMILES string of the molecule is CC(C)(O)C1CCN(Cc2cc(F)ccc2F)CC1. The summed E-state index contributed by atoms with van der Waals surface area (Å²) >= 11 is 0. The van der Waals surface area contributed by atoms with Gasteiger partial charge in [0.2, 0.25) is 0 Å². The number of likely N-dealkylation sites (tertiary alicyclic amines) is 1. The van der Waals surface area contributed by atoms with E-state index in [9.17, 15) is 13.9 Å². The van der Waals surface area contributed by atoms with Crippen LogP contribution in [-0.2, 0) is 6.54 Å². The molecule has 0 atom stereocenters. The summed E-state index contributed by atoms with van der Waals surface area (Å²) in [5, 5.41) is 9.97. The van der Waals surface area contributed by atoms with Crippen LogP contribution >= 0.6 is 0 Å². The Bertz CT molecular complexity index is 434. The maximum atomic E-state index is 13.6. The molecule has 1 aliphatic heterocycles. The zero-order chi connectivity index (χ0) is 14.0. The fourth-order valence-corrected chi connectivity index (χ4v) is 2.70. The van der Waals surface area contributed by atoms with E-state index < -0.39 is 11.4 Å². The van der Waals surface area contributed by atoms with E-state index in [2.05, 4.69) is 4.90 Å². The molecule has 2 rings (SSSR count). The molecule has 0 spiro atoms. The van der Waals surface area contributed by atoms with Crippen LogP contribution in [0.1, 0.15) is 32.3 Å². The summed E-state index contributed by atoms with van der Waals surface area (Å²) in [6.45, 7) is 5.72. The second-order valence-electron chi connectivity index (χ2n) is 5.94. The topological polar surface area (TPSA) is 23.5 Å². The lowest BCUT2D eigenvalue weighted by atomic mass is 9.83. The van der Waals surface area contributed by atoms with E-state index in [-0.39, 0.29) is 11.7 Å². The van der Waals surface area contributed by atoms with E-state index in [1.807, 2.05) is 13.8 Å². The van der Waals surface area contributed by atoms with Gasteiger partial charge in [0.1, 0.15) is 11.6 Å². The minimum atomic E-state index is -0.657. The molecule has 0 bridgehead atoms. The number of nitrogens with zero attached hydrogens (tertiary/aromatic N) is 1. The Hall–Kier alpha value is -1.00. The Morgan fingerprint density at radius 1 is 1.26 bits per heavy atom. The summed E-state index contributed by atoms with van der Waals surface area (Å²) in [5.74, 6) is -0.477. The van der Waals surface area contributed by atoms with E-state index in [4.69, 9.17) is 0 Å². The smallest absolute Gasteiger partial charge is 0.127 e. The van der Waals surface area contributed by atoms with Gasteiger partial charge in [-0.3, -0.25) is 4.90 Å². The maximum Gasteiger partial charge on any atom is 0.127 e. The van der Waals surface area contributed by atoms with Crippen LogP contribution in [0.25, 0.3) is 0 Å². The first kappa shape index (κ1) is 14.4. The van der Waals surface area contributed by atoms with Crippen molar-refractivity contribution >= 4 is 0 Å². The summed E-state index contributed by atoms with van der Waals surface area (Å²) in [6.07, 6.45) is 1.78. The summed E-state index contributed by atoms with van der Waals surface area (Å²) in [6, 6.07) is 3.57. The number of benzene rings is 1. The highest BCUT2D eigenvalue weighted by molar-refractivity contribution is 5.18. The highest BCUT2D eigenvalue weighted by Crippen LogP contribution is 2.28. The van der Waals surface area contributed by atoms with Crippen LogP contribution in [0.4, 0.5) is 8.78 Å².